The lowest BCUT2D eigenvalue weighted by molar-refractivity contribution is 0.310. The van der Waals surface area contributed by atoms with Gasteiger partial charge in [-0.2, -0.15) is 0 Å². The van der Waals surface area contributed by atoms with E-state index in [-0.39, 0.29) is 0 Å². The number of H-pyrrole nitrogens is 1. The van der Waals surface area contributed by atoms with Crippen molar-refractivity contribution >= 4 is 0 Å². The fourth-order valence-electron chi connectivity index (χ4n) is 3.72. The Bertz CT molecular complexity index is 317. The fourth-order valence-corrected chi connectivity index (χ4v) is 3.72. The highest BCUT2D eigenvalue weighted by Crippen LogP contribution is 2.49. The summed E-state index contributed by atoms with van der Waals surface area (Å²) in [6, 6.07) is 2.14. The number of aromatic nitrogens is 1. The van der Waals surface area contributed by atoms with Gasteiger partial charge in [-0.05, 0) is 61.6 Å². The van der Waals surface area contributed by atoms with Crippen molar-refractivity contribution in [2.75, 3.05) is 6.54 Å². The van der Waals surface area contributed by atoms with Gasteiger partial charge in [-0.1, -0.05) is 6.42 Å². The zero-order valence-electron chi connectivity index (χ0n) is 9.91. The van der Waals surface area contributed by atoms with E-state index in [9.17, 15) is 0 Å². The summed E-state index contributed by atoms with van der Waals surface area (Å²) in [7, 11) is 0. The summed E-state index contributed by atoms with van der Waals surface area (Å²) >= 11 is 0. The van der Waals surface area contributed by atoms with E-state index in [0.717, 1.165) is 24.3 Å². The third-order valence-electron chi connectivity index (χ3n) is 4.57. The standard InChI is InChI=1S/C14H22N2/c1-2-13-7-11(1)8-14(13)4-6-16-10-12-3-5-15-9-12/h3,5,9,11,13-16H,1-2,4,6-8,10H2. The lowest BCUT2D eigenvalue weighted by Crippen LogP contribution is -2.20. The second-order valence-electron chi connectivity index (χ2n) is 5.62. The van der Waals surface area contributed by atoms with E-state index >= 15 is 0 Å². The lowest BCUT2D eigenvalue weighted by atomic mass is 9.86. The Balaban J connectivity index is 1.35. The predicted molar refractivity (Wildman–Crippen MR) is 66.1 cm³/mol. The van der Waals surface area contributed by atoms with E-state index in [1.165, 1.54) is 37.8 Å². The molecule has 2 fully saturated rings. The first-order valence-corrected chi connectivity index (χ1v) is 6.74. The van der Waals surface area contributed by atoms with E-state index in [0.29, 0.717) is 0 Å². The fraction of sp³-hybridized carbons (Fsp3) is 0.714. The van der Waals surface area contributed by atoms with Crippen molar-refractivity contribution < 1.29 is 0 Å². The Hall–Kier alpha value is -0.760. The molecule has 3 rings (SSSR count). The van der Waals surface area contributed by atoms with Crippen LogP contribution in [0.4, 0.5) is 0 Å². The third kappa shape index (κ3) is 2.17. The molecule has 0 spiro atoms. The Morgan fingerprint density at radius 2 is 2.31 bits per heavy atom. The molecule has 2 bridgehead atoms. The maximum absolute atomic E-state index is 3.55. The van der Waals surface area contributed by atoms with Crippen LogP contribution in [0.5, 0.6) is 0 Å². The van der Waals surface area contributed by atoms with E-state index in [4.69, 9.17) is 0 Å². The molecule has 2 aliphatic carbocycles. The molecule has 88 valence electrons. The minimum atomic E-state index is 1.02. The van der Waals surface area contributed by atoms with Gasteiger partial charge in [-0.3, -0.25) is 0 Å². The van der Waals surface area contributed by atoms with E-state index in [1.807, 2.05) is 6.20 Å². The summed E-state index contributed by atoms with van der Waals surface area (Å²) in [5.41, 5.74) is 1.37. The van der Waals surface area contributed by atoms with Gasteiger partial charge in [0.05, 0.1) is 0 Å². The Morgan fingerprint density at radius 1 is 1.31 bits per heavy atom. The molecular formula is C14H22N2. The average Bonchev–Trinajstić information content (AvgIpc) is 3.01. The number of hydrogen-bond donors (Lipinski definition) is 2. The molecule has 0 amide bonds. The average molecular weight is 218 g/mol. The van der Waals surface area contributed by atoms with Crippen molar-refractivity contribution in [1.82, 2.24) is 10.3 Å². The first kappa shape index (κ1) is 10.4. The SMILES string of the molecule is c1cc(CNCCC2CC3CCC2C3)c[nH]1. The van der Waals surface area contributed by atoms with Crippen molar-refractivity contribution in [3.05, 3.63) is 24.0 Å². The molecule has 2 N–H and O–H groups in total. The summed E-state index contributed by atoms with van der Waals surface area (Å²) in [5.74, 6) is 3.22. The highest BCUT2D eigenvalue weighted by molar-refractivity contribution is 5.07. The van der Waals surface area contributed by atoms with Gasteiger partial charge in [0.15, 0.2) is 0 Å². The number of fused-ring (bicyclic) bond motifs is 2. The summed E-state index contributed by atoms with van der Waals surface area (Å²) < 4.78 is 0. The van der Waals surface area contributed by atoms with Gasteiger partial charge < -0.3 is 10.3 Å². The highest BCUT2D eigenvalue weighted by Gasteiger charge is 2.38. The van der Waals surface area contributed by atoms with Crippen LogP contribution in [-0.2, 0) is 6.54 Å². The summed E-state index contributed by atoms with van der Waals surface area (Å²) in [6.45, 7) is 2.21. The predicted octanol–water partition coefficient (Wildman–Crippen LogP) is 2.93. The molecule has 16 heavy (non-hydrogen) atoms. The molecule has 0 radical (unpaired) electrons. The maximum Gasteiger partial charge on any atom is 0.0220 e. The van der Waals surface area contributed by atoms with Crippen LogP contribution in [0.2, 0.25) is 0 Å². The van der Waals surface area contributed by atoms with Crippen molar-refractivity contribution in [2.45, 2.75) is 38.6 Å². The monoisotopic (exact) mass is 218 g/mol. The quantitative estimate of drug-likeness (QED) is 0.731. The van der Waals surface area contributed by atoms with Gasteiger partial charge in [0, 0.05) is 18.9 Å². The molecule has 2 heteroatoms. The van der Waals surface area contributed by atoms with Crippen LogP contribution in [0.25, 0.3) is 0 Å². The van der Waals surface area contributed by atoms with Crippen molar-refractivity contribution in [1.29, 1.82) is 0 Å². The largest absolute Gasteiger partial charge is 0.367 e. The van der Waals surface area contributed by atoms with Crippen molar-refractivity contribution in [3.63, 3.8) is 0 Å². The minimum Gasteiger partial charge on any atom is -0.367 e. The zero-order chi connectivity index (χ0) is 10.8. The van der Waals surface area contributed by atoms with Crippen molar-refractivity contribution in [2.24, 2.45) is 17.8 Å². The lowest BCUT2D eigenvalue weighted by Gasteiger charge is -2.21. The Labute approximate surface area is 97.8 Å². The molecular weight excluding hydrogens is 196 g/mol. The normalized spacial score (nSPS) is 32.4. The van der Waals surface area contributed by atoms with Crippen LogP contribution < -0.4 is 5.32 Å². The smallest absolute Gasteiger partial charge is 0.0220 e. The van der Waals surface area contributed by atoms with Crippen molar-refractivity contribution in [3.8, 4) is 0 Å². The number of hydrogen-bond acceptors (Lipinski definition) is 1. The number of aromatic amines is 1. The van der Waals surface area contributed by atoms with Gasteiger partial charge in [0.25, 0.3) is 0 Å². The summed E-state index contributed by atoms with van der Waals surface area (Å²) in [6.07, 6.45) is 11.6. The molecule has 1 heterocycles. The molecule has 0 saturated heterocycles. The molecule has 0 aromatic carbocycles. The van der Waals surface area contributed by atoms with E-state index < -0.39 is 0 Å². The zero-order valence-corrected chi connectivity index (χ0v) is 9.91. The summed E-state index contributed by atoms with van der Waals surface area (Å²) in [4.78, 5) is 3.09. The highest BCUT2D eigenvalue weighted by atomic mass is 14.9. The second kappa shape index (κ2) is 4.62. The molecule has 3 atom stereocenters. The maximum atomic E-state index is 3.55. The van der Waals surface area contributed by atoms with Crippen LogP contribution in [0.15, 0.2) is 18.5 Å². The molecule has 0 aliphatic heterocycles. The third-order valence-corrected chi connectivity index (χ3v) is 4.57. The van der Waals surface area contributed by atoms with Crippen LogP contribution in [0.3, 0.4) is 0 Å². The van der Waals surface area contributed by atoms with Crippen LogP contribution in [0.1, 0.15) is 37.7 Å². The van der Waals surface area contributed by atoms with Gasteiger partial charge in [0.1, 0.15) is 0 Å². The first-order chi connectivity index (χ1) is 7.92. The van der Waals surface area contributed by atoms with Gasteiger partial charge >= 0.3 is 0 Å². The van der Waals surface area contributed by atoms with Crippen LogP contribution in [0, 0.1) is 17.8 Å². The van der Waals surface area contributed by atoms with Gasteiger partial charge in [-0.15, -0.1) is 0 Å². The minimum absolute atomic E-state index is 1.02. The number of nitrogens with one attached hydrogen (secondary N) is 2. The molecule has 1 aromatic heterocycles. The summed E-state index contributed by atoms with van der Waals surface area (Å²) in [5, 5.41) is 3.55. The first-order valence-electron chi connectivity index (χ1n) is 6.74. The molecule has 2 aliphatic rings. The molecule has 1 aromatic rings. The van der Waals surface area contributed by atoms with Gasteiger partial charge in [0.2, 0.25) is 0 Å². The topological polar surface area (TPSA) is 27.8 Å². The van der Waals surface area contributed by atoms with Crippen LogP contribution >= 0.6 is 0 Å². The van der Waals surface area contributed by atoms with E-state index in [2.05, 4.69) is 22.6 Å². The molecule has 3 unspecified atom stereocenters. The Kier molecular flexibility index (Phi) is 3.00. The van der Waals surface area contributed by atoms with E-state index in [1.54, 1.807) is 6.42 Å². The number of rotatable bonds is 5. The van der Waals surface area contributed by atoms with Crippen LogP contribution in [-0.4, -0.2) is 11.5 Å². The molecule has 2 nitrogen and oxygen atoms in total. The van der Waals surface area contributed by atoms with Gasteiger partial charge in [-0.25, -0.2) is 0 Å². The molecule has 2 saturated carbocycles. The second-order valence-corrected chi connectivity index (χ2v) is 5.62. The Morgan fingerprint density at radius 3 is 3.00 bits per heavy atom.